The van der Waals surface area contributed by atoms with Crippen molar-refractivity contribution in [3.63, 3.8) is 0 Å². The van der Waals surface area contributed by atoms with E-state index in [2.05, 4.69) is 6.07 Å². The fourth-order valence-electron chi connectivity index (χ4n) is 4.44. The van der Waals surface area contributed by atoms with Gasteiger partial charge in [-0.15, -0.1) is 11.8 Å². The van der Waals surface area contributed by atoms with E-state index >= 15 is 0 Å². The van der Waals surface area contributed by atoms with E-state index in [1.165, 1.54) is 30.9 Å². The van der Waals surface area contributed by atoms with Gasteiger partial charge in [0.25, 0.3) is 0 Å². The van der Waals surface area contributed by atoms with Gasteiger partial charge in [0.05, 0.1) is 50.4 Å². The number of nitrogens with zero attached hydrogens (tertiary/aromatic N) is 2. The highest BCUT2D eigenvalue weighted by Crippen LogP contribution is 2.52. The van der Waals surface area contributed by atoms with Crippen molar-refractivity contribution in [1.29, 1.82) is 5.26 Å². The number of hydrogen-bond acceptors (Lipinski definition) is 8. The standard InChI is InChI=1S/C26H28N2O6S/c1-5-10-34-21-8-6-16(11-22(21)32-3)18-13-24(29)28-25(19(18)14-27)35-15-26(28,30)17-7-9-20(31-2)23(12-17)33-4/h6-9,11-12,18,30H,5,10,13,15H2,1-4H3. The van der Waals surface area contributed by atoms with Crippen molar-refractivity contribution in [3.05, 3.63) is 58.1 Å². The lowest BCUT2D eigenvalue weighted by atomic mass is 9.85. The lowest BCUT2D eigenvalue weighted by Gasteiger charge is -2.38. The van der Waals surface area contributed by atoms with Crippen LogP contribution in [-0.4, -0.2) is 49.6 Å². The van der Waals surface area contributed by atoms with Crippen LogP contribution in [0.3, 0.4) is 0 Å². The number of allylic oxidation sites excluding steroid dienone is 1. The van der Waals surface area contributed by atoms with E-state index in [9.17, 15) is 15.2 Å². The van der Waals surface area contributed by atoms with Gasteiger partial charge >= 0.3 is 0 Å². The number of aliphatic hydroxyl groups is 1. The minimum Gasteiger partial charge on any atom is -0.493 e. The van der Waals surface area contributed by atoms with E-state index in [0.29, 0.717) is 45.8 Å². The van der Waals surface area contributed by atoms with Gasteiger partial charge in [0.15, 0.2) is 28.7 Å². The molecule has 2 aliphatic rings. The second kappa shape index (κ2) is 10.1. The van der Waals surface area contributed by atoms with E-state index in [0.717, 1.165) is 12.0 Å². The van der Waals surface area contributed by atoms with Gasteiger partial charge in [0.2, 0.25) is 5.91 Å². The van der Waals surface area contributed by atoms with Crippen LogP contribution in [0.25, 0.3) is 0 Å². The highest BCUT2D eigenvalue weighted by Gasteiger charge is 2.52. The molecule has 0 saturated carbocycles. The fraction of sp³-hybridized carbons (Fsp3) is 0.385. The summed E-state index contributed by atoms with van der Waals surface area (Å²) in [7, 11) is 4.60. The van der Waals surface area contributed by atoms with Gasteiger partial charge in [-0.1, -0.05) is 19.1 Å². The molecule has 2 unspecified atom stereocenters. The molecule has 8 nitrogen and oxygen atoms in total. The molecule has 9 heteroatoms. The van der Waals surface area contributed by atoms with Crippen molar-refractivity contribution < 1.29 is 28.8 Å². The summed E-state index contributed by atoms with van der Waals surface area (Å²) in [5.41, 5.74) is 0.0974. The Hall–Kier alpha value is -3.35. The maximum Gasteiger partial charge on any atom is 0.231 e. The molecule has 2 aliphatic heterocycles. The van der Waals surface area contributed by atoms with Crippen molar-refractivity contribution in [1.82, 2.24) is 4.90 Å². The van der Waals surface area contributed by atoms with E-state index in [1.54, 1.807) is 25.3 Å². The maximum absolute atomic E-state index is 13.4. The summed E-state index contributed by atoms with van der Waals surface area (Å²) in [4.78, 5) is 14.8. The SMILES string of the molecule is CCCOc1ccc(C2CC(=O)N3C(=C2C#N)SCC3(O)c2ccc(OC)c(OC)c2)cc1OC. The largest absolute Gasteiger partial charge is 0.493 e. The van der Waals surface area contributed by atoms with Crippen molar-refractivity contribution in [2.45, 2.75) is 31.4 Å². The molecule has 1 saturated heterocycles. The number of fused-ring (bicyclic) bond motifs is 1. The van der Waals surface area contributed by atoms with Crippen LogP contribution in [0.2, 0.25) is 0 Å². The van der Waals surface area contributed by atoms with Crippen molar-refractivity contribution >= 4 is 17.7 Å². The summed E-state index contributed by atoms with van der Waals surface area (Å²) < 4.78 is 21.9. The molecule has 2 heterocycles. The van der Waals surface area contributed by atoms with E-state index in [1.807, 2.05) is 25.1 Å². The smallest absolute Gasteiger partial charge is 0.231 e. The van der Waals surface area contributed by atoms with Gasteiger partial charge in [-0.2, -0.15) is 5.26 Å². The lowest BCUT2D eigenvalue weighted by Crippen LogP contribution is -2.48. The Morgan fingerprint density at radius 2 is 1.77 bits per heavy atom. The highest BCUT2D eigenvalue weighted by atomic mass is 32.2. The second-order valence-corrected chi connectivity index (χ2v) is 9.21. The number of benzene rings is 2. The van der Waals surface area contributed by atoms with Crippen LogP contribution in [0.1, 0.15) is 36.8 Å². The molecule has 0 aliphatic carbocycles. The van der Waals surface area contributed by atoms with E-state index < -0.39 is 11.6 Å². The maximum atomic E-state index is 13.4. The Balaban J connectivity index is 1.74. The Kier molecular flexibility index (Phi) is 7.15. The first-order valence-electron chi connectivity index (χ1n) is 11.3. The molecular weight excluding hydrogens is 468 g/mol. The summed E-state index contributed by atoms with van der Waals surface area (Å²) in [6.45, 7) is 2.58. The molecule has 0 spiro atoms. The molecule has 2 atom stereocenters. The molecule has 0 aromatic heterocycles. The van der Waals surface area contributed by atoms with Crippen LogP contribution < -0.4 is 18.9 Å². The third-order valence-corrected chi connectivity index (χ3v) is 7.43. The molecule has 35 heavy (non-hydrogen) atoms. The first-order chi connectivity index (χ1) is 16.9. The molecule has 0 radical (unpaired) electrons. The van der Waals surface area contributed by atoms with Gasteiger partial charge in [0.1, 0.15) is 0 Å². The van der Waals surface area contributed by atoms with Gasteiger partial charge in [-0.3, -0.25) is 9.69 Å². The summed E-state index contributed by atoms with van der Waals surface area (Å²) >= 11 is 1.29. The molecule has 0 bridgehead atoms. The summed E-state index contributed by atoms with van der Waals surface area (Å²) in [6.07, 6.45) is 0.906. The molecule has 184 valence electrons. The summed E-state index contributed by atoms with van der Waals surface area (Å²) in [5, 5.41) is 22.3. The Morgan fingerprint density at radius 3 is 2.43 bits per heavy atom. The zero-order chi connectivity index (χ0) is 25.2. The second-order valence-electron chi connectivity index (χ2n) is 8.25. The summed E-state index contributed by atoms with van der Waals surface area (Å²) in [5.74, 6) is 1.60. The number of rotatable bonds is 8. The summed E-state index contributed by atoms with van der Waals surface area (Å²) in [6, 6.07) is 12.8. The first-order valence-corrected chi connectivity index (χ1v) is 12.3. The molecule has 1 amide bonds. The van der Waals surface area contributed by atoms with Crippen molar-refractivity contribution in [2.75, 3.05) is 33.7 Å². The van der Waals surface area contributed by atoms with Crippen LogP contribution in [0, 0.1) is 11.3 Å². The monoisotopic (exact) mass is 496 g/mol. The minimum atomic E-state index is -1.61. The van der Waals surface area contributed by atoms with E-state index in [4.69, 9.17) is 18.9 Å². The number of amides is 1. The van der Waals surface area contributed by atoms with E-state index in [-0.39, 0.29) is 18.1 Å². The topological polar surface area (TPSA) is 101 Å². The average Bonchev–Trinajstić information content (AvgIpc) is 3.25. The fourth-order valence-corrected chi connectivity index (χ4v) is 5.80. The van der Waals surface area contributed by atoms with Crippen LogP contribution >= 0.6 is 11.8 Å². The third-order valence-electron chi connectivity index (χ3n) is 6.21. The van der Waals surface area contributed by atoms with Gasteiger partial charge in [0, 0.05) is 17.9 Å². The Bertz CT molecular complexity index is 1210. The average molecular weight is 497 g/mol. The molecule has 4 rings (SSSR count). The zero-order valence-corrected chi connectivity index (χ0v) is 21.0. The number of carbonyl (C=O) groups is 1. The van der Waals surface area contributed by atoms with Gasteiger partial charge < -0.3 is 24.1 Å². The Labute approximate surface area is 209 Å². The Morgan fingerprint density at radius 1 is 1.09 bits per heavy atom. The normalized spacial score (nSPS) is 21.4. The van der Waals surface area contributed by atoms with Crippen LogP contribution in [0.5, 0.6) is 23.0 Å². The molecule has 1 N–H and O–H groups in total. The van der Waals surface area contributed by atoms with Crippen LogP contribution in [0.15, 0.2) is 47.0 Å². The third kappa shape index (κ3) is 4.28. The minimum absolute atomic E-state index is 0.0425. The predicted molar refractivity (Wildman–Crippen MR) is 132 cm³/mol. The number of thioether (sulfide) groups is 1. The first kappa shape index (κ1) is 24.8. The molecule has 2 aromatic rings. The quantitative estimate of drug-likeness (QED) is 0.582. The molecule has 1 fully saturated rings. The number of ether oxygens (including phenoxy) is 4. The predicted octanol–water partition coefficient (Wildman–Crippen LogP) is 4.14. The zero-order valence-electron chi connectivity index (χ0n) is 20.2. The van der Waals surface area contributed by atoms with Gasteiger partial charge in [-0.05, 0) is 36.2 Å². The lowest BCUT2D eigenvalue weighted by molar-refractivity contribution is -0.149. The highest BCUT2D eigenvalue weighted by molar-refractivity contribution is 8.03. The van der Waals surface area contributed by atoms with Crippen LogP contribution in [-0.2, 0) is 10.5 Å². The van der Waals surface area contributed by atoms with Crippen molar-refractivity contribution in [3.8, 4) is 29.1 Å². The number of methoxy groups -OCH3 is 3. The van der Waals surface area contributed by atoms with Crippen LogP contribution in [0.4, 0.5) is 0 Å². The molecular formula is C26H28N2O6S. The number of carbonyl (C=O) groups excluding carboxylic acids is 1. The van der Waals surface area contributed by atoms with Gasteiger partial charge in [-0.25, -0.2) is 0 Å². The number of nitriles is 1. The molecule has 2 aromatic carbocycles. The van der Waals surface area contributed by atoms with Crippen molar-refractivity contribution in [2.24, 2.45) is 0 Å². The number of hydrogen-bond donors (Lipinski definition) is 1.